The molecule has 17 nitrogen and oxygen atoms in total. The number of halogens is 2. The van der Waals surface area contributed by atoms with Crippen molar-refractivity contribution in [3.05, 3.63) is 189 Å². The fourth-order valence-corrected chi connectivity index (χ4v) is 19.8. The van der Waals surface area contributed by atoms with Gasteiger partial charge < -0.3 is 29.5 Å². The smallest absolute Gasteiger partial charge is 0.264 e. The number of allylic oxidation sites excluding steroid dienone is 2. The van der Waals surface area contributed by atoms with Gasteiger partial charge in [-0.25, -0.2) is 37.3 Å². The quantitative estimate of drug-likeness (QED) is 0.0951. The van der Waals surface area contributed by atoms with Crippen molar-refractivity contribution in [2.45, 2.75) is 150 Å². The Labute approximate surface area is 575 Å². The van der Waals surface area contributed by atoms with Crippen molar-refractivity contribution in [2.75, 3.05) is 49.2 Å². The topological polar surface area (TPSA) is 226 Å². The van der Waals surface area contributed by atoms with Gasteiger partial charge in [-0.15, -0.1) is 0 Å². The standard InChI is InChI=1S/C38H45ClN4O4S.C37H43ClN4O5S/c1-25-6-4-16-38(45,20-31-14-17-40-24-41-31)33-11-8-29(33)21-43-22-37(15-5-7-27-18-30(39)10-12-32(27)37)23-47-35-13-9-28(19-34(35)43)36(44)42-48(3,46)26(25)2;1-24-5-3-15-37(44,19-30-13-16-39-23-40-30)32-10-7-28(32)20-42-21-36(14-4-6-26-17-29(38)9-11-31(26)36)22-47-34-12-8-27(18-33(34)42)35(43)41-48(45,46)25(24)2/h4,9-10,12-14,16-19,24-26,29,33,45H,3,5-8,11,15,20-23H2,1-2H3,(H,42,44,46);3,8-9,11-13,15-18,23-25,28,32,44H,4-7,10,14,19-22H2,1-2H3,(H,41,43)/b16-4+;15-3+/t25-,26+,29-,33+,37-,38-,48?;24-,25+,28-,32+,36-,37+/m00/s1. The van der Waals surface area contributed by atoms with E-state index in [2.05, 4.69) is 69.3 Å². The van der Waals surface area contributed by atoms with Gasteiger partial charge in [0.2, 0.25) is 10.0 Å². The van der Waals surface area contributed by atoms with Gasteiger partial charge in [-0.2, -0.15) is 0 Å². The molecule has 2 spiro atoms. The van der Waals surface area contributed by atoms with E-state index in [1.807, 2.05) is 81.5 Å². The number of benzene rings is 4. The molecule has 8 aliphatic rings. The molecule has 6 aromatic rings. The minimum atomic E-state index is -3.99. The second-order valence-electron chi connectivity index (χ2n) is 29.0. The summed E-state index contributed by atoms with van der Waals surface area (Å²) in [6.07, 6.45) is 25.4. The number of nitrogens with zero attached hydrogens (tertiary/aromatic N) is 6. The van der Waals surface area contributed by atoms with Crippen LogP contribution in [-0.2, 0) is 56.2 Å². The number of nitrogens with one attached hydrogen (secondary N) is 2. The van der Waals surface area contributed by atoms with Gasteiger partial charge in [0.25, 0.3) is 11.8 Å². The summed E-state index contributed by atoms with van der Waals surface area (Å²) in [5.41, 5.74) is 5.90. The number of anilines is 2. The molecule has 14 rings (SSSR count). The van der Waals surface area contributed by atoms with E-state index in [4.69, 9.17) is 32.7 Å². The number of aromatic nitrogens is 4. The molecule has 4 N–H and O–H groups in total. The second kappa shape index (κ2) is 27.1. The molecular weight excluding hydrogens is 1290 g/mol. The van der Waals surface area contributed by atoms with E-state index in [-0.39, 0.29) is 51.9 Å². The number of fused-ring (bicyclic) bond motifs is 8. The number of ether oxygens (including phenoxy) is 2. The molecule has 508 valence electrons. The van der Waals surface area contributed by atoms with Crippen LogP contribution in [0.1, 0.15) is 146 Å². The van der Waals surface area contributed by atoms with Crippen molar-refractivity contribution in [1.29, 1.82) is 0 Å². The largest absolute Gasteiger partial charge is 0.490 e. The van der Waals surface area contributed by atoms with Crippen molar-refractivity contribution in [3.8, 4) is 11.5 Å². The Hall–Kier alpha value is -6.87. The summed E-state index contributed by atoms with van der Waals surface area (Å²) in [5.74, 6) is 4.23. The van der Waals surface area contributed by atoms with Crippen molar-refractivity contribution in [3.63, 3.8) is 0 Å². The molecule has 4 aromatic carbocycles. The molecule has 2 saturated carbocycles. The maximum atomic E-state index is 13.9. The molecule has 4 bridgehead atoms. The Morgan fingerprint density at radius 2 is 1.06 bits per heavy atom. The molecule has 1 unspecified atom stereocenters. The predicted octanol–water partition coefficient (Wildman–Crippen LogP) is 11.6. The van der Waals surface area contributed by atoms with Gasteiger partial charge in [-0.3, -0.25) is 14.3 Å². The lowest BCUT2D eigenvalue weighted by atomic mass is 9.62. The first kappa shape index (κ1) is 67.7. The number of carbonyl (C=O) groups excluding carboxylic acids is 2. The monoisotopic (exact) mass is 1380 g/mol. The number of hydrogen-bond donors (Lipinski definition) is 4. The summed E-state index contributed by atoms with van der Waals surface area (Å²) in [6.45, 7) is 11.0. The van der Waals surface area contributed by atoms with Crippen LogP contribution in [0.15, 0.2) is 134 Å². The molecule has 2 amide bonds. The van der Waals surface area contributed by atoms with Crippen molar-refractivity contribution in [1.82, 2.24) is 29.4 Å². The molecule has 2 aromatic heterocycles. The third kappa shape index (κ3) is 13.7. The molecule has 96 heavy (non-hydrogen) atoms. The van der Waals surface area contributed by atoms with E-state index < -0.39 is 53.2 Å². The van der Waals surface area contributed by atoms with Gasteiger partial charge in [0.05, 0.1) is 50.7 Å². The number of hydrogen-bond acceptors (Lipinski definition) is 15. The number of aryl methyl sites for hydroxylation is 2. The van der Waals surface area contributed by atoms with Crippen LogP contribution in [0.3, 0.4) is 0 Å². The van der Waals surface area contributed by atoms with Crippen LogP contribution in [0.5, 0.6) is 11.5 Å². The van der Waals surface area contributed by atoms with Crippen molar-refractivity contribution < 1.29 is 41.9 Å². The van der Waals surface area contributed by atoms with Crippen LogP contribution in [0.4, 0.5) is 11.4 Å². The van der Waals surface area contributed by atoms with Crippen LogP contribution >= 0.6 is 23.2 Å². The van der Waals surface area contributed by atoms with Crippen LogP contribution in [-0.4, -0.2) is 122 Å². The predicted molar refractivity (Wildman–Crippen MR) is 378 cm³/mol. The molecule has 21 heteroatoms. The lowest BCUT2D eigenvalue weighted by molar-refractivity contribution is -0.0456. The zero-order valence-electron chi connectivity index (χ0n) is 55.2. The van der Waals surface area contributed by atoms with E-state index >= 15 is 0 Å². The van der Waals surface area contributed by atoms with Crippen molar-refractivity contribution >= 4 is 72.0 Å². The van der Waals surface area contributed by atoms with Gasteiger partial charge in [-0.1, -0.05) is 73.5 Å². The zero-order valence-corrected chi connectivity index (χ0v) is 58.3. The average Bonchev–Trinajstić information content (AvgIpc) is 1.39. The summed E-state index contributed by atoms with van der Waals surface area (Å²) in [6, 6.07) is 26.8. The fraction of sp³-hybridized carbons (Fsp3) is 0.480. The van der Waals surface area contributed by atoms with E-state index in [0.717, 1.165) is 103 Å². The van der Waals surface area contributed by atoms with Gasteiger partial charge in [0, 0.05) is 100 Å². The first-order valence-corrected chi connectivity index (χ1v) is 38.2. The molecule has 4 aliphatic heterocycles. The lowest BCUT2D eigenvalue weighted by Gasteiger charge is -2.49. The first-order chi connectivity index (χ1) is 45.9. The van der Waals surface area contributed by atoms with Gasteiger partial charge in [-0.05, 0) is 227 Å². The number of sulfonamides is 1. The maximum absolute atomic E-state index is 13.9. The van der Waals surface area contributed by atoms with E-state index in [1.54, 1.807) is 43.6 Å². The molecule has 0 saturated heterocycles. The number of aliphatic hydroxyl groups is 2. The molecule has 2 fully saturated rings. The van der Waals surface area contributed by atoms with E-state index in [0.29, 0.717) is 76.4 Å². The Balaban J connectivity index is 0.000000174. The zero-order chi connectivity index (χ0) is 67.4. The molecule has 0 radical (unpaired) electrons. The Morgan fingerprint density at radius 3 is 1.50 bits per heavy atom. The molecule has 4 aliphatic carbocycles. The van der Waals surface area contributed by atoms with Crippen LogP contribution < -0.4 is 28.7 Å². The van der Waals surface area contributed by atoms with Crippen LogP contribution in [0, 0.1) is 35.5 Å². The molecular formula is C75H88Cl2N8O9S2. The highest BCUT2D eigenvalue weighted by Gasteiger charge is 2.51. The minimum absolute atomic E-state index is 0.00563. The van der Waals surface area contributed by atoms with Gasteiger partial charge in [0.15, 0.2) is 0 Å². The Kier molecular flexibility index (Phi) is 19.1. The highest BCUT2D eigenvalue weighted by molar-refractivity contribution is 7.99. The number of carbonyl (C=O) groups is 2. The highest BCUT2D eigenvalue weighted by Crippen LogP contribution is 2.52. The van der Waals surface area contributed by atoms with Crippen molar-refractivity contribution in [2.24, 2.45) is 35.5 Å². The summed E-state index contributed by atoms with van der Waals surface area (Å²) in [4.78, 5) is 48.9. The van der Waals surface area contributed by atoms with E-state index in [1.165, 1.54) is 34.9 Å². The Bertz CT molecular complexity index is 3940. The SMILES string of the molecule is C=S1(=O)NC(=O)c2ccc3c(c2)N(C[C@@H]2CC[C@H]2[C@@](O)(Cc2ccncn2)/C=C/C[C@H](C)[C@H]1C)C[C@@]1(CCCc2cc(Cl)ccc21)CO3.C[C@@H]1[C@@H](C)C/C=C/[C@@](O)(Cc2ccncn2)[C@@H]2CC[C@H]2CN2C[C@@]3(CCCc4cc(Cl)ccc43)COc3ccc(cc32)C(=O)NS1(=O)=O. The van der Waals surface area contributed by atoms with Gasteiger partial charge in [0.1, 0.15) is 24.2 Å². The number of amides is 2. The normalized spacial score (nSPS) is 33.1. The Morgan fingerprint density at radius 1 is 0.604 bits per heavy atom. The summed E-state index contributed by atoms with van der Waals surface area (Å²) in [5, 5.41) is 25.2. The van der Waals surface area contributed by atoms with Crippen LogP contribution in [0.2, 0.25) is 10.0 Å². The minimum Gasteiger partial charge on any atom is -0.490 e. The fourth-order valence-electron chi connectivity index (χ4n) is 16.6. The van der Waals surface area contributed by atoms with Gasteiger partial charge >= 0.3 is 0 Å². The summed E-state index contributed by atoms with van der Waals surface area (Å²) in [7, 11) is -6.98. The second-order valence-corrected chi connectivity index (χ2v) is 34.3. The molecule has 6 heterocycles. The maximum Gasteiger partial charge on any atom is 0.264 e. The number of rotatable bonds is 4. The summed E-state index contributed by atoms with van der Waals surface area (Å²) >= 11 is 12.9. The lowest BCUT2D eigenvalue weighted by Crippen LogP contribution is -2.53. The van der Waals surface area contributed by atoms with Crippen LogP contribution in [0.25, 0.3) is 0 Å². The first-order valence-electron chi connectivity index (χ1n) is 34.1. The molecule has 13 atom stereocenters. The third-order valence-corrected chi connectivity index (χ3v) is 27.4. The average molecular weight is 1380 g/mol. The highest BCUT2D eigenvalue weighted by atomic mass is 35.5. The summed E-state index contributed by atoms with van der Waals surface area (Å²) < 4.78 is 59.1. The third-order valence-electron chi connectivity index (χ3n) is 22.9. The van der Waals surface area contributed by atoms with E-state index in [9.17, 15) is 32.4 Å².